The lowest BCUT2D eigenvalue weighted by molar-refractivity contribution is 0.419. The first-order valence-corrected chi connectivity index (χ1v) is 8.11. The van der Waals surface area contributed by atoms with Crippen LogP contribution in [0.1, 0.15) is 18.4 Å². The van der Waals surface area contributed by atoms with Crippen LogP contribution in [0.4, 0.5) is 0 Å². The minimum Gasteiger partial charge on any atom is -0.496 e. The predicted molar refractivity (Wildman–Crippen MR) is 79.8 cm³/mol. The maximum absolute atomic E-state index is 5.49. The Balaban J connectivity index is 2.22. The van der Waals surface area contributed by atoms with E-state index in [4.69, 9.17) is 4.74 Å². The summed E-state index contributed by atoms with van der Waals surface area (Å²) >= 11 is 0. The molecule has 0 bridgehead atoms. The fourth-order valence-electron chi connectivity index (χ4n) is 2.71. The molecule has 0 N–H and O–H groups in total. The molecule has 1 aliphatic heterocycles. The zero-order valence-corrected chi connectivity index (χ0v) is 11.8. The molecule has 0 aliphatic carbocycles. The van der Waals surface area contributed by atoms with Crippen LogP contribution in [0, 0.1) is 6.92 Å². The van der Waals surface area contributed by atoms with Crippen LogP contribution in [0.15, 0.2) is 35.2 Å². The van der Waals surface area contributed by atoms with Gasteiger partial charge in [-0.15, -0.1) is 0 Å². The second-order valence-corrected chi connectivity index (χ2v) is 7.17. The van der Waals surface area contributed by atoms with E-state index >= 15 is 0 Å². The zero-order valence-electron chi connectivity index (χ0n) is 11.0. The maximum atomic E-state index is 5.49. The smallest absolute Gasteiger partial charge is 0.162 e. The van der Waals surface area contributed by atoms with Gasteiger partial charge in [-0.25, -0.2) is 0 Å². The topological polar surface area (TPSA) is 9.23 Å². The molecule has 2 heteroatoms. The Labute approximate surface area is 112 Å². The van der Waals surface area contributed by atoms with Crippen LogP contribution in [0.5, 0.6) is 5.75 Å². The molecule has 1 aliphatic rings. The van der Waals surface area contributed by atoms with Crippen molar-refractivity contribution >= 4 is 21.7 Å². The van der Waals surface area contributed by atoms with Crippen molar-refractivity contribution in [2.24, 2.45) is 0 Å². The Morgan fingerprint density at radius 2 is 1.78 bits per heavy atom. The highest BCUT2D eigenvalue weighted by Gasteiger charge is 2.29. The third kappa shape index (κ3) is 1.99. The summed E-state index contributed by atoms with van der Waals surface area (Å²) in [6.07, 6.45) is 2.78. The lowest BCUT2D eigenvalue weighted by atomic mass is 10.1. The van der Waals surface area contributed by atoms with Crippen LogP contribution in [-0.4, -0.2) is 18.6 Å². The van der Waals surface area contributed by atoms with Crippen molar-refractivity contribution in [1.82, 2.24) is 0 Å². The number of hydrogen-bond donors (Lipinski definition) is 0. The fourth-order valence-corrected chi connectivity index (χ4v) is 5.20. The molecule has 0 radical (unpaired) electrons. The first kappa shape index (κ1) is 11.9. The fraction of sp³-hybridized carbons (Fsp3) is 0.375. The van der Waals surface area contributed by atoms with Gasteiger partial charge in [-0.3, -0.25) is 0 Å². The highest BCUT2D eigenvalue weighted by molar-refractivity contribution is 7.97. The summed E-state index contributed by atoms with van der Waals surface area (Å²) in [4.78, 5) is 1.55. The number of ether oxygens (including phenoxy) is 1. The number of rotatable bonds is 2. The van der Waals surface area contributed by atoms with Gasteiger partial charge in [0.05, 0.1) is 7.11 Å². The molecule has 0 spiro atoms. The van der Waals surface area contributed by atoms with Crippen molar-refractivity contribution in [3.05, 3.63) is 35.9 Å². The first-order chi connectivity index (χ1) is 8.79. The molecular formula is C16H19OS+. The maximum Gasteiger partial charge on any atom is 0.162 e. The average Bonchev–Trinajstić information content (AvgIpc) is 2.91. The molecule has 1 nitrogen and oxygen atoms in total. The highest BCUT2D eigenvalue weighted by Crippen LogP contribution is 2.35. The number of benzene rings is 2. The summed E-state index contributed by atoms with van der Waals surface area (Å²) in [6.45, 7) is 2.17. The molecule has 1 fully saturated rings. The molecule has 0 aromatic heterocycles. The summed E-state index contributed by atoms with van der Waals surface area (Å²) in [6, 6.07) is 11.1. The number of fused-ring (bicyclic) bond motifs is 1. The summed E-state index contributed by atoms with van der Waals surface area (Å²) in [7, 11) is 2.22. The van der Waals surface area contributed by atoms with E-state index in [1.807, 2.05) is 0 Å². The van der Waals surface area contributed by atoms with Crippen LogP contribution >= 0.6 is 0 Å². The summed E-state index contributed by atoms with van der Waals surface area (Å²) in [5, 5.41) is 2.67. The van der Waals surface area contributed by atoms with E-state index in [1.54, 1.807) is 12.0 Å². The summed E-state index contributed by atoms with van der Waals surface area (Å²) in [5.41, 5.74) is 1.33. The zero-order chi connectivity index (χ0) is 12.5. The second kappa shape index (κ2) is 4.85. The minimum absolute atomic E-state index is 0.461. The van der Waals surface area contributed by atoms with Gasteiger partial charge < -0.3 is 4.74 Å². The number of hydrogen-bond acceptors (Lipinski definition) is 1. The largest absolute Gasteiger partial charge is 0.496 e. The van der Waals surface area contributed by atoms with Crippen molar-refractivity contribution in [3.63, 3.8) is 0 Å². The number of methoxy groups -OCH3 is 1. The van der Waals surface area contributed by atoms with Gasteiger partial charge in [-0.2, -0.15) is 0 Å². The van der Waals surface area contributed by atoms with Gasteiger partial charge in [0.25, 0.3) is 0 Å². The lowest BCUT2D eigenvalue weighted by Gasteiger charge is -2.10. The van der Waals surface area contributed by atoms with E-state index in [0.29, 0.717) is 10.9 Å². The van der Waals surface area contributed by atoms with Crippen molar-refractivity contribution in [3.8, 4) is 5.75 Å². The third-order valence-electron chi connectivity index (χ3n) is 3.65. The Morgan fingerprint density at radius 3 is 2.50 bits per heavy atom. The minimum atomic E-state index is 0.461. The summed E-state index contributed by atoms with van der Waals surface area (Å²) in [5.74, 6) is 3.74. The van der Waals surface area contributed by atoms with Crippen LogP contribution in [-0.2, 0) is 10.9 Å². The SMILES string of the molecule is COc1ccc([S+]2CCCC2)c2cc(C)ccc12. The highest BCUT2D eigenvalue weighted by atomic mass is 32.2. The molecule has 1 heterocycles. The molecule has 1 saturated heterocycles. The molecule has 0 unspecified atom stereocenters. The van der Waals surface area contributed by atoms with Gasteiger partial charge in [0.1, 0.15) is 17.3 Å². The van der Waals surface area contributed by atoms with E-state index in [9.17, 15) is 0 Å². The second-order valence-electron chi connectivity index (χ2n) is 4.92. The van der Waals surface area contributed by atoms with E-state index in [0.717, 1.165) is 5.75 Å². The lowest BCUT2D eigenvalue weighted by Crippen LogP contribution is -2.05. The van der Waals surface area contributed by atoms with Crippen LogP contribution in [0.2, 0.25) is 0 Å². The monoisotopic (exact) mass is 259 g/mol. The molecule has 0 atom stereocenters. The van der Waals surface area contributed by atoms with Crippen molar-refractivity contribution in [1.29, 1.82) is 0 Å². The van der Waals surface area contributed by atoms with Gasteiger partial charge in [-0.1, -0.05) is 17.7 Å². The first-order valence-electron chi connectivity index (χ1n) is 6.54. The quantitative estimate of drug-likeness (QED) is 0.743. The van der Waals surface area contributed by atoms with Crippen molar-refractivity contribution in [2.75, 3.05) is 18.6 Å². The van der Waals surface area contributed by atoms with Gasteiger partial charge in [-0.05, 0) is 38.0 Å². The van der Waals surface area contributed by atoms with Gasteiger partial charge >= 0.3 is 0 Å². The van der Waals surface area contributed by atoms with Crippen molar-refractivity contribution in [2.45, 2.75) is 24.7 Å². The van der Waals surface area contributed by atoms with Crippen LogP contribution in [0.25, 0.3) is 10.8 Å². The molecule has 0 saturated carbocycles. The normalized spacial score (nSPS) is 16.3. The summed E-state index contributed by atoms with van der Waals surface area (Å²) < 4.78 is 5.49. The van der Waals surface area contributed by atoms with Gasteiger partial charge in [0, 0.05) is 21.7 Å². The Bertz CT molecular complexity index is 571. The van der Waals surface area contributed by atoms with E-state index < -0.39 is 0 Å². The van der Waals surface area contributed by atoms with E-state index in [2.05, 4.69) is 37.3 Å². The molecule has 94 valence electrons. The Morgan fingerprint density at radius 1 is 1.00 bits per heavy atom. The molecular weight excluding hydrogens is 240 g/mol. The van der Waals surface area contributed by atoms with Crippen LogP contribution in [0.3, 0.4) is 0 Å². The number of aryl methyl sites for hydroxylation is 1. The molecule has 3 rings (SSSR count). The van der Waals surface area contributed by atoms with Crippen LogP contribution < -0.4 is 4.74 Å². The molecule has 2 aromatic rings. The molecule has 18 heavy (non-hydrogen) atoms. The van der Waals surface area contributed by atoms with E-state index in [1.165, 1.54) is 40.7 Å². The van der Waals surface area contributed by atoms with Crippen molar-refractivity contribution < 1.29 is 4.74 Å². The Kier molecular flexibility index (Phi) is 3.21. The van der Waals surface area contributed by atoms with Gasteiger partial charge in [0.2, 0.25) is 0 Å². The average molecular weight is 259 g/mol. The predicted octanol–water partition coefficient (Wildman–Crippen LogP) is 3.93. The van der Waals surface area contributed by atoms with Gasteiger partial charge in [0.15, 0.2) is 4.90 Å². The Hall–Kier alpha value is -1.15. The molecule has 2 aromatic carbocycles. The van der Waals surface area contributed by atoms with E-state index in [-0.39, 0.29) is 0 Å². The standard InChI is InChI=1S/C16H19OS/c1-12-5-6-13-14(11-12)16(8-7-15(13)17-2)18-9-3-4-10-18/h5-8,11H,3-4,9-10H2,1-2H3/q+1. The molecule has 0 amide bonds. The third-order valence-corrected chi connectivity index (χ3v) is 6.20.